The van der Waals surface area contributed by atoms with Crippen LogP contribution in [0.25, 0.3) is 11.0 Å². The van der Waals surface area contributed by atoms with Crippen LogP contribution in [0.2, 0.25) is 0 Å². The molecule has 0 bridgehead atoms. The molecule has 0 atom stereocenters. The lowest BCUT2D eigenvalue weighted by Crippen LogP contribution is -2.20. The van der Waals surface area contributed by atoms with Crippen LogP contribution in [-0.2, 0) is 4.74 Å². The average molecular weight is 279 g/mol. The van der Waals surface area contributed by atoms with E-state index in [1.807, 2.05) is 6.26 Å². The van der Waals surface area contributed by atoms with Gasteiger partial charge in [0.2, 0.25) is 0 Å². The Labute approximate surface area is 113 Å². The third-order valence-corrected chi connectivity index (χ3v) is 3.11. The first-order valence-electron chi connectivity index (χ1n) is 5.69. The molecule has 100 valence electrons. The van der Waals surface area contributed by atoms with Gasteiger partial charge in [0.25, 0.3) is 5.56 Å². The molecule has 0 radical (unpaired) electrons. The number of hydrogen-bond acceptors (Lipinski definition) is 6. The van der Waals surface area contributed by atoms with Crippen LogP contribution in [0.5, 0.6) is 0 Å². The van der Waals surface area contributed by atoms with E-state index >= 15 is 0 Å². The summed E-state index contributed by atoms with van der Waals surface area (Å²) in [6, 6.07) is 1.48. The molecule has 0 unspecified atom stereocenters. The Balaban J connectivity index is 2.66. The molecular formula is C12H13N3O3S. The van der Waals surface area contributed by atoms with Crippen molar-refractivity contribution >= 4 is 28.8 Å². The second-order valence-electron chi connectivity index (χ2n) is 3.79. The van der Waals surface area contributed by atoms with Crippen molar-refractivity contribution in [1.82, 2.24) is 15.0 Å². The number of pyridine rings is 1. The summed E-state index contributed by atoms with van der Waals surface area (Å²) in [5.41, 5.74) is 0.597. The third kappa shape index (κ3) is 2.60. The van der Waals surface area contributed by atoms with E-state index in [1.54, 1.807) is 13.8 Å². The average Bonchev–Trinajstić information content (AvgIpc) is 2.37. The smallest absolute Gasteiger partial charge is 0.343 e. The Morgan fingerprint density at radius 1 is 1.47 bits per heavy atom. The second kappa shape index (κ2) is 5.40. The molecule has 0 aliphatic carbocycles. The lowest BCUT2D eigenvalue weighted by Gasteiger charge is -2.05. The van der Waals surface area contributed by atoms with Crippen LogP contribution >= 0.6 is 11.8 Å². The standard InChI is InChI=1S/C12H13N3O3S/c1-4-18-11(17)8-5-7-6(2)13-12(19-3)15-9(7)14-10(8)16/h5H,4H2,1-3H3,(H,13,14,15,16). The predicted octanol–water partition coefficient (Wildman–Crippen LogP) is 1.53. The molecule has 0 saturated heterocycles. The zero-order valence-electron chi connectivity index (χ0n) is 10.8. The van der Waals surface area contributed by atoms with Gasteiger partial charge in [0.15, 0.2) is 5.16 Å². The molecule has 2 rings (SSSR count). The maximum atomic E-state index is 11.8. The highest BCUT2D eigenvalue weighted by Crippen LogP contribution is 2.17. The van der Waals surface area contributed by atoms with Gasteiger partial charge in [-0.2, -0.15) is 0 Å². The van der Waals surface area contributed by atoms with Gasteiger partial charge in [0, 0.05) is 5.39 Å². The van der Waals surface area contributed by atoms with Crippen LogP contribution in [0.4, 0.5) is 0 Å². The molecule has 0 aliphatic rings. The minimum absolute atomic E-state index is 0.0297. The fraction of sp³-hybridized carbons (Fsp3) is 0.333. The quantitative estimate of drug-likeness (QED) is 0.521. The van der Waals surface area contributed by atoms with E-state index in [9.17, 15) is 9.59 Å². The number of esters is 1. The van der Waals surface area contributed by atoms with Gasteiger partial charge >= 0.3 is 5.97 Å². The lowest BCUT2D eigenvalue weighted by molar-refractivity contribution is 0.0524. The highest BCUT2D eigenvalue weighted by atomic mass is 32.2. The van der Waals surface area contributed by atoms with Crippen LogP contribution < -0.4 is 5.56 Å². The number of nitrogens with one attached hydrogen (secondary N) is 1. The monoisotopic (exact) mass is 279 g/mol. The molecule has 0 aromatic carbocycles. The molecule has 2 aromatic rings. The number of H-pyrrole nitrogens is 1. The van der Waals surface area contributed by atoms with Crippen molar-refractivity contribution in [3.63, 3.8) is 0 Å². The fourth-order valence-electron chi connectivity index (χ4n) is 1.66. The third-order valence-electron chi connectivity index (χ3n) is 2.56. The Kier molecular flexibility index (Phi) is 3.84. The second-order valence-corrected chi connectivity index (χ2v) is 4.56. The molecular weight excluding hydrogens is 266 g/mol. The number of nitrogens with zero attached hydrogens (tertiary/aromatic N) is 2. The van der Waals surface area contributed by atoms with E-state index in [0.717, 1.165) is 0 Å². The molecule has 19 heavy (non-hydrogen) atoms. The lowest BCUT2D eigenvalue weighted by atomic mass is 10.2. The van der Waals surface area contributed by atoms with E-state index in [0.29, 0.717) is 21.9 Å². The van der Waals surface area contributed by atoms with Gasteiger partial charge in [0.1, 0.15) is 11.2 Å². The van der Waals surface area contributed by atoms with Crippen molar-refractivity contribution in [2.45, 2.75) is 19.0 Å². The van der Waals surface area contributed by atoms with E-state index in [1.165, 1.54) is 17.8 Å². The summed E-state index contributed by atoms with van der Waals surface area (Å²) in [6.07, 6.45) is 1.85. The van der Waals surface area contributed by atoms with Crippen LogP contribution in [-0.4, -0.2) is 33.8 Å². The first-order chi connectivity index (χ1) is 9.06. The van der Waals surface area contributed by atoms with Crippen molar-refractivity contribution in [1.29, 1.82) is 0 Å². The zero-order valence-corrected chi connectivity index (χ0v) is 11.6. The zero-order chi connectivity index (χ0) is 14.0. The molecule has 2 aromatic heterocycles. The first kappa shape index (κ1) is 13.5. The summed E-state index contributed by atoms with van der Waals surface area (Å²) in [5.74, 6) is -0.640. The number of aryl methyl sites for hydroxylation is 1. The van der Waals surface area contributed by atoms with E-state index < -0.39 is 11.5 Å². The number of carbonyl (C=O) groups is 1. The number of carbonyl (C=O) groups excluding carboxylic acids is 1. The van der Waals surface area contributed by atoms with Gasteiger partial charge < -0.3 is 9.72 Å². The van der Waals surface area contributed by atoms with Gasteiger partial charge in [-0.3, -0.25) is 4.79 Å². The van der Waals surface area contributed by atoms with Gasteiger partial charge in [-0.1, -0.05) is 11.8 Å². The van der Waals surface area contributed by atoms with Gasteiger partial charge in [-0.15, -0.1) is 0 Å². The summed E-state index contributed by atoms with van der Waals surface area (Å²) in [6.45, 7) is 3.71. The number of ether oxygens (including phenoxy) is 1. The van der Waals surface area contributed by atoms with Gasteiger partial charge in [-0.25, -0.2) is 14.8 Å². The predicted molar refractivity (Wildman–Crippen MR) is 72.6 cm³/mol. The fourth-order valence-corrected chi connectivity index (χ4v) is 2.07. The molecule has 0 aliphatic heterocycles. The van der Waals surface area contributed by atoms with Crippen LogP contribution in [0.1, 0.15) is 23.0 Å². The summed E-state index contributed by atoms with van der Waals surface area (Å²) >= 11 is 1.39. The summed E-state index contributed by atoms with van der Waals surface area (Å²) < 4.78 is 4.84. The van der Waals surface area contributed by atoms with Crippen molar-refractivity contribution in [3.05, 3.63) is 27.7 Å². The Bertz CT molecular complexity index is 696. The maximum Gasteiger partial charge on any atom is 0.343 e. The normalized spacial score (nSPS) is 10.7. The molecule has 7 heteroatoms. The van der Waals surface area contributed by atoms with Crippen molar-refractivity contribution in [2.75, 3.05) is 12.9 Å². The molecule has 1 N–H and O–H groups in total. The van der Waals surface area contributed by atoms with Crippen LogP contribution in [0.3, 0.4) is 0 Å². The number of thioether (sulfide) groups is 1. The van der Waals surface area contributed by atoms with Crippen molar-refractivity contribution < 1.29 is 9.53 Å². The van der Waals surface area contributed by atoms with Crippen LogP contribution in [0, 0.1) is 6.92 Å². The molecule has 0 amide bonds. The number of aromatic amines is 1. The highest BCUT2D eigenvalue weighted by molar-refractivity contribution is 7.98. The van der Waals surface area contributed by atoms with E-state index in [4.69, 9.17) is 4.74 Å². The molecule has 2 heterocycles. The topological polar surface area (TPSA) is 84.9 Å². The first-order valence-corrected chi connectivity index (χ1v) is 6.92. The SMILES string of the molecule is CCOC(=O)c1cc2c(C)nc(SC)nc2[nH]c1=O. The summed E-state index contributed by atoms with van der Waals surface area (Å²) in [5, 5.41) is 1.21. The van der Waals surface area contributed by atoms with E-state index in [-0.39, 0.29) is 12.2 Å². The minimum atomic E-state index is -0.640. The largest absolute Gasteiger partial charge is 0.462 e. The summed E-state index contributed by atoms with van der Waals surface area (Å²) in [4.78, 5) is 34.6. The minimum Gasteiger partial charge on any atom is -0.462 e. The maximum absolute atomic E-state index is 11.8. The highest BCUT2D eigenvalue weighted by Gasteiger charge is 2.15. The Hall–Kier alpha value is -1.89. The van der Waals surface area contributed by atoms with Crippen molar-refractivity contribution in [3.8, 4) is 0 Å². The Morgan fingerprint density at radius 2 is 2.21 bits per heavy atom. The van der Waals surface area contributed by atoms with E-state index in [2.05, 4.69) is 15.0 Å². The number of rotatable bonds is 3. The molecule has 0 fully saturated rings. The molecule has 6 nitrogen and oxygen atoms in total. The van der Waals surface area contributed by atoms with Gasteiger partial charge in [0.05, 0.1) is 12.3 Å². The number of fused-ring (bicyclic) bond motifs is 1. The Morgan fingerprint density at radius 3 is 2.84 bits per heavy atom. The van der Waals surface area contributed by atoms with Crippen LogP contribution in [0.15, 0.2) is 16.0 Å². The number of hydrogen-bond donors (Lipinski definition) is 1. The summed E-state index contributed by atoms with van der Waals surface area (Å²) in [7, 11) is 0. The number of aromatic nitrogens is 3. The molecule has 0 spiro atoms. The van der Waals surface area contributed by atoms with Gasteiger partial charge in [-0.05, 0) is 26.2 Å². The molecule has 0 saturated carbocycles. The van der Waals surface area contributed by atoms with Crippen molar-refractivity contribution in [2.24, 2.45) is 0 Å².